The molecule has 5 nitrogen and oxygen atoms in total. The van der Waals surface area contributed by atoms with Crippen molar-refractivity contribution in [2.24, 2.45) is 5.73 Å². The molecule has 6 heteroatoms. The molecule has 0 atom stereocenters. The van der Waals surface area contributed by atoms with Gasteiger partial charge in [0.2, 0.25) is 15.9 Å². The van der Waals surface area contributed by atoms with E-state index in [1.807, 2.05) is 0 Å². The van der Waals surface area contributed by atoms with Crippen molar-refractivity contribution in [2.75, 3.05) is 5.75 Å². The summed E-state index contributed by atoms with van der Waals surface area (Å²) in [5.41, 5.74) is 3.79. The first-order valence-corrected chi connectivity index (χ1v) is 5.68. The average molecular weight is 208 g/mol. The van der Waals surface area contributed by atoms with Crippen molar-refractivity contribution in [3.8, 4) is 0 Å². The van der Waals surface area contributed by atoms with E-state index in [2.05, 4.69) is 4.72 Å². The van der Waals surface area contributed by atoms with Crippen molar-refractivity contribution < 1.29 is 13.2 Å². The van der Waals surface area contributed by atoms with Gasteiger partial charge in [-0.25, -0.2) is 13.1 Å². The van der Waals surface area contributed by atoms with Gasteiger partial charge in [-0.15, -0.1) is 0 Å². The fraction of sp³-hybridized carbons (Fsp3) is 0.857. The van der Waals surface area contributed by atoms with Gasteiger partial charge in [0.15, 0.2) is 0 Å². The largest absolute Gasteiger partial charge is 0.368 e. The Hall–Kier alpha value is -0.620. The molecule has 0 radical (unpaired) electrons. The maximum absolute atomic E-state index is 11.2. The molecule has 0 fully saturated rings. The Labute approximate surface area is 78.7 Å². The molecule has 0 aliphatic heterocycles. The Kier molecular flexibility index (Phi) is 3.87. The zero-order valence-corrected chi connectivity index (χ0v) is 8.94. The quantitative estimate of drug-likeness (QED) is 0.643. The van der Waals surface area contributed by atoms with Gasteiger partial charge in [-0.1, -0.05) is 6.92 Å². The van der Waals surface area contributed by atoms with Crippen LogP contribution < -0.4 is 10.5 Å². The van der Waals surface area contributed by atoms with E-state index in [9.17, 15) is 13.2 Å². The maximum Gasteiger partial charge on any atom is 0.238 e. The molecule has 0 unspecified atom stereocenters. The molecule has 0 rings (SSSR count). The van der Waals surface area contributed by atoms with Crippen LogP contribution in [0.2, 0.25) is 0 Å². The summed E-state index contributed by atoms with van der Waals surface area (Å²) in [5, 5.41) is 0. The van der Waals surface area contributed by atoms with Crippen molar-refractivity contribution in [2.45, 2.75) is 32.7 Å². The molecule has 13 heavy (non-hydrogen) atoms. The lowest BCUT2D eigenvalue weighted by atomic mass is 10.1. The third-order valence-corrected chi connectivity index (χ3v) is 3.27. The Morgan fingerprint density at radius 2 is 1.92 bits per heavy atom. The third-order valence-electron chi connectivity index (χ3n) is 1.50. The average Bonchev–Trinajstić information content (AvgIpc) is 1.83. The summed E-state index contributed by atoms with van der Waals surface area (Å²) < 4.78 is 24.7. The molecule has 3 N–H and O–H groups in total. The van der Waals surface area contributed by atoms with E-state index in [1.165, 1.54) is 13.8 Å². The van der Waals surface area contributed by atoms with Gasteiger partial charge in [-0.3, -0.25) is 4.79 Å². The Morgan fingerprint density at radius 1 is 1.46 bits per heavy atom. The van der Waals surface area contributed by atoms with Crippen molar-refractivity contribution in [1.29, 1.82) is 0 Å². The van der Waals surface area contributed by atoms with Crippen LogP contribution in [0.1, 0.15) is 27.2 Å². The molecule has 0 aliphatic rings. The summed E-state index contributed by atoms with van der Waals surface area (Å²) in [6.45, 7) is 4.61. The number of nitrogens with one attached hydrogen (secondary N) is 1. The van der Waals surface area contributed by atoms with Crippen LogP contribution in [0, 0.1) is 0 Å². The number of primary amides is 1. The number of amides is 1. The predicted octanol–water partition coefficient (Wildman–Crippen LogP) is -0.420. The molecule has 0 heterocycles. The van der Waals surface area contributed by atoms with Crippen molar-refractivity contribution in [3.05, 3.63) is 0 Å². The van der Waals surface area contributed by atoms with Gasteiger partial charge in [0, 0.05) is 0 Å². The molecule has 0 spiro atoms. The second kappa shape index (κ2) is 4.06. The van der Waals surface area contributed by atoms with Gasteiger partial charge < -0.3 is 5.73 Å². The van der Waals surface area contributed by atoms with Gasteiger partial charge in [-0.2, -0.15) is 0 Å². The normalized spacial score (nSPS) is 12.8. The molecule has 0 aromatic heterocycles. The summed E-state index contributed by atoms with van der Waals surface area (Å²) >= 11 is 0. The van der Waals surface area contributed by atoms with E-state index < -0.39 is 21.5 Å². The molecular weight excluding hydrogens is 192 g/mol. The van der Waals surface area contributed by atoms with Crippen LogP contribution in [0.3, 0.4) is 0 Å². The Bertz CT molecular complexity index is 282. The lowest BCUT2D eigenvalue weighted by molar-refractivity contribution is -0.122. The lowest BCUT2D eigenvalue weighted by Gasteiger charge is -2.21. The van der Waals surface area contributed by atoms with Gasteiger partial charge >= 0.3 is 0 Å². The van der Waals surface area contributed by atoms with Gasteiger partial charge in [0.05, 0.1) is 5.75 Å². The van der Waals surface area contributed by atoms with E-state index >= 15 is 0 Å². The fourth-order valence-electron chi connectivity index (χ4n) is 0.759. The topological polar surface area (TPSA) is 89.3 Å². The van der Waals surface area contributed by atoms with Crippen molar-refractivity contribution >= 4 is 15.9 Å². The molecule has 0 saturated carbocycles. The maximum atomic E-state index is 11.2. The van der Waals surface area contributed by atoms with Gasteiger partial charge in [0.1, 0.15) is 5.54 Å². The number of rotatable bonds is 5. The molecular formula is C7H16N2O3S. The minimum Gasteiger partial charge on any atom is -0.368 e. The highest BCUT2D eigenvalue weighted by Crippen LogP contribution is 2.03. The molecule has 0 aromatic rings. The highest BCUT2D eigenvalue weighted by molar-refractivity contribution is 7.89. The van der Waals surface area contributed by atoms with Gasteiger partial charge in [0.25, 0.3) is 0 Å². The number of nitrogens with two attached hydrogens (primary N) is 1. The first kappa shape index (κ1) is 12.4. The van der Waals surface area contributed by atoms with Crippen LogP contribution >= 0.6 is 0 Å². The SMILES string of the molecule is CCCS(=O)(=O)NC(C)(C)C(N)=O. The number of carbonyl (C=O) groups excluding carboxylic acids is 1. The van der Waals surface area contributed by atoms with Crippen LogP contribution in [0.4, 0.5) is 0 Å². The summed E-state index contributed by atoms with van der Waals surface area (Å²) in [4.78, 5) is 10.8. The molecule has 0 aliphatic carbocycles. The summed E-state index contributed by atoms with van der Waals surface area (Å²) in [5.74, 6) is -0.684. The van der Waals surface area contributed by atoms with E-state index in [4.69, 9.17) is 5.73 Å². The van der Waals surface area contributed by atoms with Crippen LogP contribution in [-0.2, 0) is 14.8 Å². The lowest BCUT2D eigenvalue weighted by Crippen LogP contribution is -2.53. The Morgan fingerprint density at radius 3 is 2.23 bits per heavy atom. The smallest absolute Gasteiger partial charge is 0.238 e. The van der Waals surface area contributed by atoms with Crippen LogP contribution in [-0.4, -0.2) is 25.6 Å². The molecule has 0 saturated heterocycles. The summed E-state index contributed by atoms with van der Waals surface area (Å²) in [6.07, 6.45) is 0.504. The number of carbonyl (C=O) groups is 1. The van der Waals surface area contributed by atoms with Crippen molar-refractivity contribution in [1.82, 2.24) is 4.72 Å². The highest BCUT2D eigenvalue weighted by Gasteiger charge is 2.29. The van der Waals surface area contributed by atoms with Crippen LogP contribution in [0.15, 0.2) is 0 Å². The third kappa shape index (κ3) is 4.23. The monoisotopic (exact) mass is 208 g/mol. The second-order valence-electron chi connectivity index (χ2n) is 3.41. The second-order valence-corrected chi connectivity index (χ2v) is 5.25. The summed E-state index contributed by atoms with van der Waals surface area (Å²) in [6, 6.07) is 0. The zero-order valence-electron chi connectivity index (χ0n) is 8.12. The minimum absolute atomic E-state index is 0.00368. The van der Waals surface area contributed by atoms with E-state index in [0.29, 0.717) is 6.42 Å². The number of hydrogen-bond acceptors (Lipinski definition) is 3. The minimum atomic E-state index is -3.39. The standard InChI is InChI=1S/C7H16N2O3S/c1-4-5-13(11,12)9-7(2,3)6(8)10/h9H,4-5H2,1-3H3,(H2,8,10). The molecule has 0 aromatic carbocycles. The molecule has 0 bridgehead atoms. The molecule has 78 valence electrons. The number of sulfonamides is 1. The molecule has 1 amide bonds. The van der Waals surface area contributed by atoms with E-state index in [1.54, 1.807) is 6.92 Å². The first-order chi connectivity index (χ1) is 5.71. The summed E-state index contributed by atoms with van der Waals surface area (Å²) in [7, 11) is -3.39. The van der Waals surface area contributed by atoms with Crippen molar-refractivity contribution in [3.63, 3.8) is 0 Å². The predicted molar refractivity (Wildman–Crippen MR) is 50.5 cm³/mol. The Balaban J connectivity index is 4.53. The zero-order chi connectivity index (χ0) is 10.7. The fourth-order valence-corrected chi connectivity index (χ4v) is 2.28. The highest BCUT2D eigenvalue weighted by atomic mass is 32.2. The van der Waals surface area contributed by atoms with Crippen LogP contribution in [0.5, 0.6) is 0 Å². The first-order valence-electron chi connectivity index (χ1n) is 4.03. The van der Waals surface area contributed by atoms with Crippen LogP contribution in [0.25, 0.3) is 0 Å². The van der Waals surface area contributed by atoms with Gasteiger partial charge in [-0.05, 0) is 20.3 Å². The van der Waals surface area contributed by atoms with E-state index in [-0.39, 0.29) is 5.75 Å². The number of hydrogen-bond donors (Lipinski definition) is 2. The van der Waals surface area contributed by atoms with E-state index in [0.717, 1.165) is 0 Å².